The molecule has 0 aromatic rings. The number of rotatable bonds is 0. The highest BCUT2D eigenvalue weighted by Crippen LogP contribution is 2.15. The monoisotopic (exact) mass is 127 g/mol. The first kappa shape index (κ1) is 6.72. The lowest BCUT2D eigenvalue weighted by atomic mass is 9.98. The Balaban J connectivity index is 2.68. The lowest BCUT2D eigenvalue weighted by Gasteiger charge is -2.04. The predicted octanol–water partition coefficient (Wildman–Crippen LogP) is 1.71. The lowest BCUT2D eigenvalue weighted by molar-refractivity contribution is 1.15. The van der Waals surface area contributed by atoms with Crippen molar-refractivity contribution in [2.45, 2.75) is 6.42 Å². The van der Waals surface area contributed by atoms with Gasteiger partial charge in [0.2, 0.25) is 0 Å². The van der Waals surface area contributed by atoms with E-state index in [2.05, 4.69) is 11.8 Å². The molecule has 0 N–H and O–H groups in total. The van der Waals surface area contributed by atoms with Crippen LogP contribution in [-0.2, 0) is 0 Å². The Bertz CT molecular complexity index is 253. The van der Waals surface area contributed by atoms with E-state index < -0.39 is 0 Å². The van der Waals surface area contributed by atoms with Crippen LogP contribution in [0.1, 0.15) is 6.42 Å². The normalized spacial score (nSPS) is 17.2. The third kappa shape index (κ3) is 1.30. The fourth-order valence-corrected chi connectivity index (χ4v) is 0.760. The molecule has 0 saturated carbocycles. The first-order valence-corrected chi connectivity index (χ1v) is 3.04. The minimum absolute atomic E-state index is 0.798. The van der Waals surface area contributed by atoms with Gasteiger partial charge in [-0.25, -0.2) is 0 Å². The van der Waals surface area contributed by atoms with Gasteiger partial charge in [0, 0.05) is 5.57 Å². The third-order valence-electron chi connectivity index (χ3n) is 1.36. The van der Waals surface area contributed by atoms with Crippen molar-refractivity contribution < 1.29 is 0 Å². The fourth-order valence-electron chi connectivity index (χ4n) is 0.760. The van der Waals surface area contributed by atoms with Crippen molar-refractivity contribution in [3.8, 4) is 24.7 Å². The summed E-state index contributed by atoms with van der Waals surface area (Å²) >= 11 is 0. The summed E-state index contributed by atoms with van der Waals surface area (Å²) in [6.45, 7) is 0. The largest absolute Gasteiger partial charge is 0.119 e. The van der Waals surface area contributed by atoms with E-state index in [-0.39, 0.29) is 0 Å². The Hall–Kier alpha value is -1.40. The molecule has 47 valence electrons. The van der Waals surface area contributed by atoms with Crippen LogP contribution >= 0.6 is 0 Å². The van der Waals surface area contributed by atoms with E-state index in [1.807, 2.05) is 18.2 Å². The van der Waals surface area contributed by atoms with Gasteiger partial charge in [0.05, 0.1) is 5.92 Å². The van der Waals surface area contributed by atoms with E-state index in [0.717, 1.165) is 17.9 Å². The van der Waals surface area contributed by atoms with Gasteiger partial charge in [0.1, 0.15) is 0 Å². The first-order valence-electron chi connectivity index (χ1n) is 3.04. The van der Waals surface area contributed by atoms with Crippen LogP contribution in [0.15, 0.2) is 23.8 Å². The van der Waals surface area contributed by atoms with Crippen LogP contribution in [0.4, 0.5) is 0 Å². The fraction of sp³-hybridized carbons (Fsp3) is 0.100. The smallest absolute Gasteiger partial charge is 0.0732 e. The van der Waals surface area contributed by atoms with Crippen LogP contribution in [0, 0.1) is 30.6 Å². The molecule has 0 spiro atoms. The van der Waals surface area contributed by atoms with E-state index in [9.17, 15) is 0 Å². The molecule has 1 aliphatic rings. The second kappa shape index (κ2) is 2.95. The molecule has 0 amide bonds. The molecule has 0 heteroatoms. The summed E-state index contributed by atoms with van der Waals surface area (Å²) in [5.74, 6) is 6.09. The zero-order valence-corrected chi connectivity index (χ0v) is 5.59. The van der Waals surface area contributed by atoms with Crippen LogP contribution in [0.25, 0.3) is 0 Å². The SMILES string of the molecule is C#C[C]1C=CC(C#C)=CC1. The van der Waals surface area contributed by atoms with Crippen LogP contribution in [0.2, 0.25) is 0 Å². The summed E-state index contributed by atoms with van der Waals surface area (Å²) in [5.41, 5.74) is 0.916. The Labute approximate surface area is 61.6 Å². The second-order valence-corrected chi connectivity index (χ2v) is 2.01. The van der Waals surface area contributed by atoms with Gasteiger partial charge < -0.3 is 0 Å². The highest BCUT2D eigenvalue weighted by molar-refractivity contribution is 5.46. The molecule has 0 bridgehead atoms. The zero-order valence-electron chi connectivity index (χ0n) is 5.59. The molecule has 0 saturated heterocycles. The zero-order chi connectivity index (χ0) is 7.40. The van der Waals surface area contributed by atoms with Gasteiger partial charge in [-0.3, -0.25) is 0 Å². The van der Waals surface area contributed by atoms with Gasteiger partial charge in [0.15, 0.2) is 0 Å². The molecule has 0 nitrogen and oxygen atoms in total. The highest BCUT2D eigenvalue weighted by atomic mass is 14.0. The van der Waals surface area contributed by atoms with Gasteiger partial charge in [-0.1, -0.05) is 24.0 Å². The van der Waals surface area contributed by atoms with E-state index in [1.165, 1.54) is 0 Å². The summed E-state index contributed by atoms with van der Waals surface area (Å²) in [5, 5.41) is 0. The highest BCUT2D eigenvalue weighted by Gasteiger charge is 2.03. The number of allylic oxidation sites excluding steroid dienone is 4. The third-order valence-corrected chi connectivity index (χ3v) is 1.36. The van der Waals surface area contributed by atoms with Gasteiger partial charge in [-0.05, 0) is 12.5 Å². The Morgan fingerprint density at radius 3 is 2.40 bits per heavy atom. The molecule has 1 rings (SSSR count). The van der Waals surface area contributed by atoms with Crippen LogP contribution in [0.5, 0.6) is 0 Å². The number of hydrogen-bond acceptors (Lipinski definition) is 0. The minimum Gasteiger partial charge on any atom is -0.119 e. The number of terminal acetylenes is 2. The lowest BCUT2D eigenvalue weighted by Crippen LogP contribution is -1.92. The van der Waals surface area contributed by atoms with Crippen molar-refractivity contribution in [3.05, 3.63) is 29.7 Å². The van der Waals surface area contributed by atoms with Crippen LogP contribution in [0.3, 0.4) is 0 Å². The first-order chi connectivity index (χ1) is 4.86. The molecule has 0 atom stereocenters. The van der Waals surface area contributed by atoms with Crippen molar-refractivity contribution in [3.63, 3.8) is 0 Å². The molecule has 0 aromatic carbocycles. The summed E-state index contributed by atoms with van der Waals surface area (Å²) in [7, 11) is 0. The van der Waals surface area contributed by atoms with E-state index in [4.69, 9.17) is 12.8 Å². The topological polar surface area (TPSA) is 0 Å². The van der Waals surface area contributed by atoms with Gasteiger partial charge >= 0.3 is 0 Å². The molecular formula is C10H7. The maximum atomic E-state index is 5.17. The summed E-state index contributed by atoms with van der Waals surface area (Å²) in [4.78, 5) is 0. The van der Waals surface area contributed by atoms with Gasteiger partial charge in [-0.2, -0.15) is 0 Å². The van der Waals surface area contributed by atoms with Crippen LogP contribution in [-0.4, -0.2) is 0 Å². The standard InChI is InChI=1S/C10H7/c1-3-9-5-7-10(4-2)8-6-9/h1-2,5-7H,8H2. The molecule has 0 unspecified atom stereocenters. The van der Waals surface area contributed by atoms with Crippen molar-refractivity contribution in [2.75, 3.05) is 0 Å². The Morgan fingerprint density at radius 2 is 2.00 bits per heavy atom. The van der Waals surface area contributed by atoms with Gasteiger partial charge in [0.25, 0.3) is 0 Å². The molecule has 0 aromatic heterocycles. The van der Waals surface area contributed by atoms with E-state index >= 15 is 0 Å². The average Bonchev–Trinajstić information content (AvgIpc) is 2.05. The van der Waals surface area contributed by atoms with Gasteiger partial charge in [-0.15, -0.1) is 12.8 Å². The summed E-state index contributed by atoms with van der Waals surface area (Å²) in [6, 6.07) is 0. The molecule has 1 aliphatic carbocycles. The molecule has 0 aliphatic heterocycles. The molecular weight excluding hydrogens is 120 g/mol. The Morgan fingerprint density at radius 1 is 1.20 bits per heavy atom. The summed E-state index contributed by atoms with van der Waals surface area (Å²) in [6.07, 6.45) is 16.8. The van der Waals surface area contributed by atoms with Crippen molar-refractivity contribution in [1.29, 1.82) is 0 Å². The quantitative estimate of drug-likeness (QED) is 0.434. The van der Waals surface area contributed by atoms with Crippen molar-refractivity contribution in [1.82, 2.24) is 0 Å². The minimum atomic E-state index is 0.798. The molecule has 0 fully saturated rings. The van der Waals surface area contributed by atoms with Crippen LogP contribution < -0.4 is 0 Å². The number of hydrogen-bond donors (Lipinski definition) is 0. The average molecular weight is 127 g/mol. The van der Waals surface area contributed by atoms with Crippen molar-refractivity contribution >= 4 is 0 Å². The Kier molecular flexibility index (Phi) is 1.98. The van der Waals surface area contributed by atoms with E-state index in [0.29, 0.717) is 0 Å². The summed E-state index contributed by atoms with van der Waals surface area (Å²) < 4.78 is 0. The second-order valence-electron chi connectivity index (χ2n) is 2.01. The molecule has 0 heterocycles. The van der Waals surface area contributed by atoms with Crippen molar-refractivity contribution in [2.24, 2.45) is 0 Å². The molecule has 10 heavy (non-hydrogen) atoms. The predicted molar refractivity (Wildman–Crippen MR) is 42.7 cm³/mol. The molecule has 1 radical (unpaired) electrons. The maximum Gasteiger partial charge on any atom is 0.0732 e. The van der Waals surface area contributed by atoms with E-state index in [1.54, 1.807) is 0 Å². The maximum absolute atomic E-state index is 5.17.